The second-order valence-electron chi connectivity index (χ2n) is 27.5. The summed E-state index contributed by atoms with van der Waals surface area (Å²) >= 11 is 0. The first-order valence-electron chi connectivity index (χ1n) is 28.6. The molecule has 12 rings (SSSR count). The maximum absolute atomic E-state index is 7.29. The van der Waals surface area contributed by atoms with Crippen LogP contribution in [-0.4, -0.2) is 20.8 Å². The highest BCUT2D eigenvalue weighted by atomic mass is 16.5. The van der Waals surface area contributed by atoms with Crippen molar-refractivity contribution in [3.05, 3.63) is 210 Å². The minimum absolute atomic E-state index is 0.00875. The summed E-state index contributed by atoms with van der Waals surface area (Å²) in [7, 11) is 0. The van der Waals surface area contributed by atoms with Gasteiger partial charge in [-0.25, -0.2) is 4.98 Å². The van der Waals surface area contributed by atoms with Gasteiger partial charge < -0.3 is 19.1 Å². The Kier molecular flexibility index (Phi) is 12.3. The third-order valence-electron chi connectivity index (χ3n) is 16.5. The molecule has 404 valence electrons. The molecule has 0 fully saturated rings. The molecule has 6 heteroatoms. The van der Waals surface area contributed by atoms with Crippen LogP contribution in [0.25, 0.3) is 66.2 Å². The normalized spacial score (nSPS) is 13.6. The lowest BCUT2D eigenvalue weighted by molar-refractivity contribution is 0.483. The summed E-state index contributed by atoms with van der Waals surface area (Å²) in [5.74, 6) is 2.33. The Morgan fingerprint density at radius 2 is 0.875 bits per heavy atom. The number of aromatic nitrogens is 3. The topological polar surface area (TPSA) is 38.5 Å². The van der Waals surface area contributed by atoms with Crippen LogP contribution < -0.4 is 14.5 Å². The van der Waals surface area contributed by atoms with Crippen LogP contribution >= 0.6 is 0 Å². The highest BCUT2D eigenvalue weighted by Gasteiger charge is 2.33. The van der Waals surface area contributed by atoms with Crippen molar-refractivity contribution in [1.82, 2.24) is 14.1 Å². The lowest BCUT2D eigenvalue weighted by atomic mass is 9.71. The van der Waals surface area contributed by atoms with Crippen molar-refractivity contribution in [1.29, 1.82) is 0 Å². The van der Waals surface area contributed by atoms with Gasteiger partial charge in [0.1, 0.15) is 24.0 Å². The molecule has 4 heterocycles. The second kappa shape index (κ2) is 18.8. The zero-order valence-electron chi connectivity index (χ0n) is 49.7. The van der Waals surface area contributed by atoms with Crippen LogP contribution in [0, 0.1) is 0 Å². The fraction of sp³-hybridized carbons (Fsp3) is 0.284. The van der Waals surface area contributed by atoms with Crippen molar-refractivity contribution in [2.45, 2.75) is 131 Å². The van der Waals surface area contributed by atoms with E-state index in [9.17, 15) is 0 Å². The van der Waals surface area contributed by atoms with E-state index in [1.807, 2.05) is 6.20 Å². The molecule has 0 atom stereocenters. The molecular weight excluding hydrogens is 975 g/mol. The van der Waals surface area contributed by atoms with E-state index < -0.39 is 0 Å². The SMILES string of the molecule is CC(C)(C)c1cc(N2CN(c3cccc(Oc4cc(-n5c6ccccc6c6ccccc65)c5c6ccccc6n(-c6cc(-c7c(C(C)(C)C)cc(C(C)(C)C)cc7C(C)(C)C)ccn6)c5c4)c3)c3ccccc32)cc(C(C)(C)C)c1. The van der Waals surface area contributed by atoms with Crippen LogP contribution in [0.1, 0.15) is 132 Å². The van der Waals surface area contributed by atoms with Gasteiger partial charge in [-0.1, -0.05) is 195 Å². The van der Waals surface area contributed by atoms with Gasteiger partial charge in [0.15, 0.2) is 0 Å². The molecule has 80 heavy (non-hydrogen) atoms. The molecule has 8 aromatic carbocycles. The summed E-state index contributed by atoms with van der Waals surface area (Å²) in [5, 5.41) is 4.67. The summed E-state index contributed by atoms with van der Waals surface area (Å²) in [6.45, 7) is 35.6. The number of fused-ring (bicyclic) bond motifs is 7. The lowest BCUT2D eigenvalue weighted by Crippen LogP contribution is -2.25. The first kappa shape index (κ1) is 52.6. The molecule has 0 radical (unpaired) electrons. The predicted molar refractivity (Wildman–Crippen MR) is 340 cm³/mol. The number of ether oxygens (including phenoxy) is 1. The molecule has 0 aliphatic carbocycles. The van der Waals surface area contributed by atoms with Crippen molar-refractivity contribution in [2.24, 2.45) is 0 Å². The first-order valence-corrected chi connectivity index (χ1v) is 28.6. The van der Waals surface area contributed by atoms with Gasteiger partial charge in [-0.05, 0) is 133 Å². The summed E-state index contributed by atoms with van der Waals surface area (Å²) < 4.78 is 12.1. The average Bonchev–Trinajstić information content (AvgIpc) is 4.29. The monoisotopic (exact) mass is 1050 g/mol. The fourth-order valence-electron chi connectivity index (χ4n) is 12.1. The van der Waals surface area contributed by atoms with Crippen molar-refractivity contribution in [3.8, 4) is 34.1 Å². The van der Waals surface area contributed by atoms with E-state index in [0.29, 0.717) is 6.67 Å². The predicted octanol–water partition coefficient (Wildman–Crippen LogP) is 20.5. The molecule has 0 saturated heterocycles. The van der Waals surface area contributed by atoms with Crippen LogP contribution in [0.3, 0.4) is 0 Å². The third kappa shape index (κ3) is 9.20. The Morgan fingerprint density at radius 3 is 1.43 bits per heavy atom. The molecule has 0 bridgehead atoms. The Hall–Kier alpha value is -8.09. The van der Waals surface area contributed by atoms with E-state index >= 15 is 0 Å². The number of rotatable bonds is 7. The van der Waals surface area contributed by atoms with E-state index in [1.54, 1.807) is 0 Å². The number of benzene rings is 8. The van der Waals surface area contributed by atoms with Gasteiger partial charge in [0.2, 0.25) is 0 Å². The number of pyridine rings is 1. The second-order valence-corrected chi connectivity index (χ2v) is 27.5. The lowest BCUT2D eigenvalue weighted by Gasteiger charge is -2.34. The Labute approximate surface area is 474 Å². The Balaban J connectivity index is 1.05. The number of anilines is 4. The number of nitrogens with zero attached hydrogens (tertiary/aromatic N) is 5. The third-order valence-corrected chi connectivity index (χ3v) is 16.5. The zero-order valence-corrected chi connectivity index (χ0v) is 49.7. The van der Waals surface area contributed by atoms with Gasteiger partial charge in [-0.15, -0.1) is 0 Å². The van der Waals surface area contributed by atoms with Crippen LogP contribution in [0.15, 0.2) is 182 Å². The molecule has 11 aromatic rings. The molecule has 6 nitrogen and oxygen atoms in total. The fourth-order valence-corrected chi connectivity index (χ4v) is 12.1. The molecule has 0 amide bonds. The molecule has 1 aliphatic heterocycles. The smallest absolute Gasteiger partial charge is 0.138 e. The average molecular weight is 1050 g/mol. The number of hydrogen-bond acceptors (Lipinski definition) is 4. The summed E-state index contributed by atoms with van der Waals surface area (Å²) in [6.07, 6.45) is 2.00. The van der Waals surface area contributed by atoms with Gasteiger partial charge in [0, 0.05) is 57.3 Å². The Bertz CT molecular complexity index is 4110. The van der Waals surface area contributed by atoms with Crippen molar-refractivity contribution in [2.75, 3.05) is 16.5 Å². The molecule has 3 aromatic heterocycles. The number of para-hydroxylation sites is 5. The molecule has 0 unspecified atom stereocenters. The van der Waals surface area contributed by atoms with Gasteiger partial charge in [0.05, 0.1) is 39.1 Å². The first-order chi connectivity index (χ1) is 37.8. The molecule has 0 spiro atoms. The summed E-state index contributed by atoms with van der Waals surface area (Å²) in [5.41, 5.74) is 18.8. The van der Waals surface area contributed by atoms with Gasteiger partial charge in [-0.3, -0.25) is 4.57 Å². The molecule has 1 aliphatic rings. The standard InChI is InChI=1S/C74H77N5O/c1-70(2,3)48-38-49(71(4,5)6)40-52(39-48)77-46-76(63-33-22-23-34-64(63)77)51-25-24-26-53(43-51)80-54-44-65(78-60-30-19-16-27-55(60)56-28-17-20-31-61(56)78)69-57-29-18-21-32-62(57)79(66(69)45-54)67-37-47(35-36-75-67)68-58(73(10,11)12)41-50(72(7,8)9)42-59(68)74(13,14)15/h16-45H,46H2,1-15H3. The molecule has 0 N–H and O–H groups in total. The van der Waals surface area contributed by atoms with Gasteiger partial charge >= 0.3 is 0 Å². The van der Waals surface area contributed by atoms with E-state index in [1.165, 1.54) is 55.5 Å². The van der Waals surface area contributed by atoms with Crippen LogP contribution in [-0.2, 0) is 27.1 Å². The molecule has 0 saturated carbocycles. The molecular formula is C74H77N5O. The van der Waals surface area contributed by atoms with Crippen molar-refractivity contribution < 1.29 is 4.74 Å². The zero-order chi connectivity index (χ0) is 56.4. The largest absolute Gasteiger partial charge is 0.457 e. The number of hydrogen-bond donors (Lipinski definition) is 0. The minimum Gasteiger partial charge on any atom is -0.457 e. The van der Waals surface area contributed by atoms with E-state index in [2.05, 4.69) is 299 Å². The van der Waals surface area contributed by atoms with E-state index in [4.69, 9.17) is 9.72 Å². The van der Waals surface area contributed by atoms with Crippen LogP contribution in [0.4, 0.5) is 22.7 Å². The van der Waals surface area contributed by atoms with Gasteiger partial charge in [-0.2, -0.15) is 0 Å². The van der Waals surface area contributed by atoms with Crippen molar-refractivity contribution >= 4 is 66.4 Å². The highest BCUT2D eigenvalue weighted by Crippen LogP contribution is 2.49. The maximum atomic E-state index is 7.29. The highest BCUT2D eigenvalue weighted by molar-refractivity contribution is 6.17. The minimum atomic E-state index is -0.126. The van der Waals surface area contributed by atoms with Crippen molar-refractivity contribution in [3.63, 3.8) is 0 Å². The van der Waals surface area contributed by atoms with E-state index in [0.717, 1.165) is 72.8 Å². The Morgan fingerprint density at radius 1 is 0.375 bits per heavy atom. The maximum Gasteiger partial charge on any atom is 0.138 e. The summed E-state index contributed by atoms with van der Waals surface area (Å²) in [6, 6.07) is 64.9. The quantitative estimate of drug-likeness (QED) is 0.159. The van der Waals surface area contributed by atoms with Crippen LogP contribution in [0.2, 0.25) is 0 Å². The summed E-state index contributed by atoms with van der Waals surface area (Å²) in [4.78, 5) is 10.2. The van der Waals surface area contributed by atoms with Gasteiger partial charge in [0.25, 0.3) is 0 Å². The van der Waals surface area contributed by atoms with E-state index in [-0.39, 0.29) is 27.1 Å². The van der Waals surface area contributed by atoms with Crippen LogP contribution in [0.5, 0.6) is 11.5 Å².